The predicted octanol–water partition coefficient (Wildman–Crippen LogP) is 6.74. The molecule has 4 aromatic carbocycles. The van der Waals surface area contributed by atoms with Gasteiger partial charge in [-0.15, -0.1) is 0 Å². The van der Waals surface area contributed by atoms with E-state index in [2.05, 4.69) is 54.6 Å². The monoisotopic (exact) mass is 392 g/mol. The van der Waals surface area contributed by atoms with Gasteiger partial charge in [0.2, 0.25) is 0 Å². The molecule has 4 heterocycles. The van der Waals surface area contributed by atoms with Crippen molar-refractivity contribution in [1.29, 1.82) is 0 Å². The second-order valence-corrected chi connectivity index (χ2v) is 7.90. The number of hydrogen-bond donors (Lipinski definition) is 1. The Bertz CT molecular complexity index is 1180. The van der Waals surface area contributed by atoms with E-state index in [0.717, 1.165) is 53.9 Å². The Morgan fingerprint density at radius 1 is 0.533 bits per heavy atom. The molecule has 0 fully saturated rings. The topological polar surface area (TPSA) is 29.5 Å². The van der Waals surface area contributed by atoms with Crippen molar-refractivity contribution in [2.24, 2.45) is 0 Å². The van der Waals surface area contributed by atoms with E-state index in [1.54, 1.807) is 0 Å². The summed E-state index contributed by atoms with van der Waals surface area (Å²) in [5.74, 6) is 2.06. The third-order valence-electron chi connectivity index (χ3n) is 5.81. The lowest BCUT2D eigenvalue weighted by atomic mass is 9.93. The van der Waals surface area contributed by atoms with Gasteiger partial charge >= 0.3 is 0 Å². The van der Waals surface area contributed by atoms with Crippen molar-refractivity contribution < 1.29 is 9.84 Å². The Labute approximate surface area is 177 Å². The van der Waals surface area contributed by atoms with Crippen LogP contribution in [-0.4, -0.2) is 5.11 Å². The fourth-order valence-corrected chi connectivity index (χ4v) is 4.15. The van der Waals surface area contributed by atoms with E-state index in [-0.39, 0.29) is 0 Å². The Morgan fingerprint density at radius 2 is 1.27 bits per heavy atom. The summed E-state index contributed by atoms with van der Waals surface area (Å²) in [6, 6.07) is 31.1. The molecule has 0 radical (unpaired) electrons. The van der Waals surface area contributed by atoms with Gasteiger partial charge in [-0.3, -0.25) is 0 Å². The molecule has 0 spiro atoms. The maximum atomic E-state index is 10.8. The quantitative estimate of drug-likeness (QED) is 0.359. The summed E-state index contributed by atoms with van der Waals surface area (Å²) in [6.07, 6.45) is 3.62. The third-order valence-corrected chi connectivity index (χ3v) is 5.81. The van der Waals surface area contributed by atoms with Gasteiger partial charge in [0.1, 0.15) is 17.2 Å². The van der Waals surface area contributed by atoms with E-state index in [9.17, 15) is 5.11 Å². The summed E-state index contributed by atoms with van der Waals surface area (Å²) in [5, 5.41) is 10.8. The van der Waals surface area contributed by atoms with E-state index in [4.69, 9.17) is 4.74 Å². The zero-order valence-corrected chi connectivity index (χ0v) is 16.8. The third kappa shape index (κ3) is 3.95. The molecular formula is C28H24O2. The van der Waals surface area contributed by atoms with E-state index >= 15 is 0 Å². The van der Waals surface area contributed by atoms with Crippen molar-refractivity contribution in [2.45, 2.75) is 25.7 Å². The SMILES string of the molecule is Oc1cc2ccc1-c1ccccc1CCc1ccc(cc1)Oc1cccc(c1)CC2. The fourth-order valence-electron chi connectivity index (χ4n) is 4.15. The molecule has 148 valence electrons. The molecule has 0 saturated carbocycles. The van der Waals surface area contributed by atoms with Crippen LogP contribution in [0.25, 0.3) is 11.1 Å². The number of rotatable bonds is 0. The van der Waals surface area contributed by atoms with E-state index in [0.29, 0.717) is 5.75 Å². The molecule has 1 N–H and O–H groups in total. The first kappa shape index (κ1) is 18.5. The van der Waals surface area contributed by atoms with Gasteiger partial charge < -0.3 is 9.84 Å². The number of phenols is 1. The van der Waals surface area contributed by atoms with Gasteiger partial charge in [0.05, 0.1) is 0 Å². The first-order chi connectivity index (χ1) is 14.7. The number of aryl methyl sites for hydroxylation is 4. The van der Waals surface area contributed by atoms with Crippen LogP contribution in [0, 0.1) is 0 Å². The van der Waals surface area contributed by atoms with Crippen molar-refractivity contribution in [3.8, 4) is 28.4 Å². The molecule has 8 rings (SSSR count). The average molecular weight is 392 g/mol. The van der Waals surface area contributed by atoms with Crippen LogP contribution >= 0.6 is 0 Å². The molecule has 4 aliphatic rings. The molecule has 4 aliphatic heterocycles. The van der Waals surface area contributed by atoms with Gasteiger partial charge in [0, 0.05) is 5.56 Å². The van der Waals surface area contributed by atoms with Crippen molar-refractivity contribution in [3.63, 3.8) is 0 Å². The second-order valence-electron chi connectivity index (χ2n) is 7.90. The summed E-state index contributed by atoms with van der Waals surface area (Å²) in [6.45, 7) is 0. The summed E-state index contributed by atoms with van der Waals surface area (Å²) in [7, 11) is 0. The van der Waals surface area contributed by atoms with Crippen LogP contribution < -0.4 is 4.74 Å². The van der Waals surface area contributed by atoms with Crippen LogP contribution in [0.2, 0.25) is 0 Å². The summed E-state index contributed by atoms with van der Waals surface area (Å²) < 4.78 is 6.08. The molecule has 0 unspecified atom stereocenters. The molecule has 0 saturated heterocycles. The highest BCUT2D eigenvalue weighted by Gasteiger charge is 2.11. The number of hydrogen-bond acceptors (Lipinski definition) is 2. The standard InChI is InChI=1S/C28H24O2/c29-28-19-22-9-8-21-4-3-6-25(18-21)30-24-15-11-20(12-16-24)10-14-23-5-1-2-7-26(23)27(28)17-13-22/h1-7,11-13,15-19,29H,8-10,14H2. The Balaban J connectivity index is 1.57. The average Bonchev–Trinajstić information content (AvgIpc) is 2.77. The molecule has 2 heteroatoms. The van der Waals surface area contributed by atoms with Crippen LogP contribution in [0.15, 0.2) is 91.0 Å². The smallest absolute Gasteiger partial charge is 0.127 e. The number of benzene rings is 4. The number of aromatic hydroxyl groups is 1. The predicted molar refractivity (Wildman–Crippen MR) is 121 cm³/mol. The molecule has 4 aromatic rings. The van der Waals surface area contributed by atoms with E-state index < -0.39 is 0 Å². The number of phenolic OH excluding ortho intramolecular Hbond substituents is 1. The Morgan fingerprint density at radius 3 is 2.10 bits per heavy atom. The second kappa shape index (κ2) is 8.08. The van der Waals surface area contributed by atoms with Gasteiger partial charge in [-0.1, -0.05) is 60.7 Å². The van der Waals surface area contributed by atoms with Gasteiger partial charge in [-0.05, 0) is 83.8 Å². The van der Waals surface area contributed by atoms with Gasteiger partial charge in [0.15, 0.2) is 0 Å². The van der Waals surface area contributed by atoms with Crippen molar-refractivity contribution in [3.05, 3.63) is 113 Å². The molecule has 0 atom stereocenters. The Kier molecular flexibility index (Phi) is 4.98. The van der Waals surface area contributed by atoms with Crippen LogP contribution in [0.1, 0.15) is 22.3 Å². The molecule has 6 bridgehead atoms. The van der Waals surface area contributed by atoms with Crippen molar-refractivity contribution in [1.82, 2.24) is 0 Å². The molecule has 0 aromatic heterocycles. The summed E-state index contributed by atoms with van der Waals surface area (Å²) in [4.78, 5) is 0. The zero-order valence-electron chi connectivity index (χ0n) is 16.8. The van der Waals surface area contributed by atoms with Crippen molar-refractivity contribution in [2.75, 3.05) is 0 Å². The van der Waals surface area contributed by atoms with E-state index in [1.807, 2.05) is 36.4 Å². The fraction of sp³-hybridized carbons (Fsp3) is 0.143. The molecule has 0 aliphatic carbocycles. The zero-order chi connectivity index (χ0) is 20.3. The van der Waals surface area contributed by atoms with Gasteiger partial charge in [0.25, 0.3) is 0 Å². The van der Waals surface area contributed by atoms with Crippen LogP contribution in [0.5, 0.6) is 17.2 Å². The largest absolute Gasteiger partial charge is 0.507 e. The minimum atomic E-state index is 0.350. The molecule has 30 heavy (non-hydrogen) atoms. The molecular weight excluding hydrogens is 368 g/mol. The molecule has 2 nitrogen and oxygen atoms in total. The highest BCUT2D eigenvalue weighted by molar-refractivity contribution is 5.73. The lowest BCUT2D eigenvalue weighted by Crippen LogP contribution is -1.97. The lowest BCUT2D eigenvalue weighted by molar-refractivity contribution is 0.476. The summed E-state index contributed by atoms with van der Waals surface area (Å²) in [5.41, 5.74) is 6.88. The van der Waals surface area contributed by atoms with Gasteiger partial charge in [-0.2, -0.15) is 0 Å². The van der Waals surface area contributed by atoms with Crippen LogP contribution in [0.4, 0.5) is 0 Å². The normalized spacial score (nSPS) is 13.2. The maximum absolute atomic E-state index is 10.8. The molecule has 0 amide bonds. The van der Waals surface area contributed by atoms with Gasteiger partial charge in [-0.25, -0.2) is 0 Å². The van der Waals surface area contributed by atoms with E-state index in [1.165, 1.54) is 16.7 Å². The minimum absolute atomic E-state index is 0.350. The van der Waals surface area contributed by atoms with Crippen LogP contribution in [-0.2, 0) is 25.7 Å². The summed E-state index contributed by atoms with van der Waals surface area (Å²) >= 11 is 0. The van der Waals surface area contributed by atoms with Crippen LogP contribution in [0.3, 0.4) is 0 Å². The maximum Gasteiger partial charge on any atom is 0.127 e. The number of ether oxygens (including phenoxy) is 1. The highest BCUT2D eigenvalue weighted by atomic mass is 16.5. The first-order valence-corrected chi connectivity index (χ1v) is 10.5. The Hall–Kier alpha value is -3.52. The first-order valence-electron chi connectivity index (χ1n) is 10.5. The van der Waals surface area contributed by atoms with Crippen molar-refractivity contribution >= 4 is 0 Å². The highest BCUT2D eigenvalue weighted by Crippen LogP contribution is 2.34. The lowest BCUT2D eigenvalue weighted by Gasteiger charge is -2.14. The minimum Gasteiger partial charge on any atom is -0.507 e.